The van der Waals surface area contributed by atoms with Crippen molar-refractivity contribution >= 4 is 58.8 Å². The van der Waals surface area contributed by atoms with Gasteiger partial charge in [-0.2, -0.15) is 0 Å². The van der Waals surface area contributed by atoms with Crippen molar-refractivity contribution < 1.29 is 53.7 Å². The van der Waals surface area contributed by atoms with E-state index in [0.717, 1.165) is 5.56 Å². The normalized spacial score (nSPS) is 13.1. The van der Waals surface area contributed by atoms with Gasteiger partial charge in [0.1, 0.15) is 11.8 Å². The smallest absolute Gasteiger partial charge is 0.326 e. The molecule has 0 aromatic heterocycles. The van der Waals surface area contributed by atoms with Crippen molar-refractivity contribution in [3.63, 3.8) is 0 Å². The van der Waals surface area contributed by atoms with Gasteiger partial charge in [0.05, 0.1) is 18.6 Å². The van der Waals surface area contributed by atoms with Crippen LogP contribution >= 0.6 is 0 Å². The van der Waals surface area contributed by atoms with Crippen molar-refractivity contribution in [2.75, 3.05) is 23.8 Å². The number of anilines is 2. The number of para-hydroxylation sites is 1. The molecule has 6 amide bonds. The van der Waals surface area contributed by atoms with Crippen molar-refractivity contribution in [1.82, 2.24) is 16.0 Å². The number of carboxylic acids is 2. The zero-order chi connectivity index (χ0) is 40.4. The number of Topliss-reactive ketones (excluding diaryl/α,β-unsaturated/α-hetero) is 2. The molecule has 0 aliphatic heterocycles. The van der Waals surface area contributed by atoms with E-state index in [4.69, 9.17) is 5.73 Å². The molecule has 2 aromatic rings. The van der Waals surface area contributed by atoms with E-state index in [1.165, 1.54) is 0 Å². The van der Waals surface area contributed by atoms with Crippen molar-refractivity contribution in [3.05, 3.63) is 59.7 Å². The van der Waals surface area contributed by atoms with Crippen LogP contribution in [0.2, 0.25) is 0 Å². The number of urea groups is 2. The average Bonchev–Trinajstić information content (AvgIpc) is 3.10. The Morgan fingerprint density at radius 3 is 2.02 bits per heavy atom. The summed E-state index contributed by atoms with van der Waals surface area (Å²) in [6.07, 6.45) is -1.61. The third-order valence-electron chi connectivity index (χ3n) is 8.50. The lowest BCUT2D eigenvalue weighted by atomic mass is 9.91. The van der Waals surface area contributed by atoms with Gasteiger partial charge in [-0.1, -0.05) is 44.2 Å². The van der Waals surface area contributed by atoms with E-state index in [1.54, 1.807) is 50.2 Å². The number of carbonyl (C=O) groups is 8. The van der Waals surface area contributed by atoms with Gasteiger partial charge in [-0.3, -0.25) is 24.0 Å². The number of nitrogens with two attached hydrogens (primary N) is 1. The first-order valence-corrected chi connectivity index (χ1v) is 17.5. The Balaban J connectivity index is 2.15. The molecule has 0 spiro atoms. The highest BCUT2D eigenvalue weighted by atomic mass is 16.4. The van der Waals surface area contributed by atoms with Crippen LogP contribution in [0.4, 0.5) is 21.0 Å². The first-order chi connectivity index (χ1) is 25.5. The van der Waals surface area contributed by atoms with Crippen LogP contribution in [-0.2, 0) is 35.2 Å². The molecule has 17 heteroatoms. The van der Waals surface area contributed by atoms with Gasteiger partial charge in [-0.15, -0.1) is 0 Å². The zero-order valence-corrected chi connectivity index (χ0v) is 30.6. The maximum Gasteiger partial charge on any atom is 0.326 e. The molecule has 0 aliphatic rings. The third kappa shape index (κ3) is 15.8. The molecule has 0 heterocycles. The Morgan fingerprint density at radius 1 is 0.796 bits per heavy atom. The first kappa shape index (κ1) is 44.3. The lowest BCUT2D eigenvalue weighted by Gasteiger charge is -2.24. The molecule has 0 bridgehead atoms. The van der Waals surface area contributed by atoms with Crippen LogP contribution in [0, 0.1) is 24.7 Å². The van der Waals surface area contributed by atoms with E-state index in [9.17, 15) is 53.7 Å². The topological polar surface area (TPSA) is 283 Å². The van der Waals surface area contributed by atoms with Gasteiger partial charge in [0, 0.05) is 49.5 Å². The second-order valence-electron chi connectivity index (χ2n) is 13.3. The zero-order valence-electron chi connectivity index (χ0n) is 30.6. The molecule has 294 valence electrons. The maximum absolute atomic E-state index is 13.6. The number of carboxylic acid groups (broad SMARTS) is 2. The Hall–Kier alpha value is -5.84. The van der Waals surface area contributed by atoms with E-state index in [-0.39, 0.29) is 44.4 Å². The number of rotatable bonds is 23. The van der Waals surface area contributed by atoms with Gasteiger partial charge in [0.25, 0.3) is 0 Å². The fourth-order valence-corrected chi connectivity index (χ4v) is 5.45. The van der Waals surface area contributed by atoms with Gasteiger partial charge in [-0.25, -0.2) is 14.4 Å². The number of aryl methyl sites for hydroxylation is 1. The summed E-state index contributed by atoms with van der Waals surface area (Å²) in [5.41, 5.74) is 7.71. The molecular weight excluding hydrogens is 704 g/mol. The second-order valence-corrected chi connectivity index (χ2v) is 13.3. The molecule has 4 atom stereocenters. The van der Waals surface area contributed by atoms with E-state index < -0.39 is 90.9 Å². The Labute approximate surface area is 312 Å². The summed E-state index contributed by atoms with van der Waals surface area (Å²) in [5, 5.41) is 41.2. The SMILES string of the molecule is Cc1ccccc1NC(=O)Nc1ccc(CC(=O)C[C@@H](CCCNC(N)=O)C(=O)N[C@@H](CCC(=O)O)C(=O)C[C@@H](CO)C(=O)N[C@H](C(=O)O)C(C)C)cc1. The predicted molar refractivity (Wildman–Crippen MR) is 197 cm³/mol. The molecule has 54 heavy (non-hydrogen) atoms. The molecule has 0 saturated heterocycles. The summed E-state index contributed by atoms with van der Waals surface area (Å²) < 4.78 is 0. The van der Waals surface area contributed by atoms with E-state index >= 15 is 0 Å². The number of aliphatic hydroxyl groups is 1. The third-order valence-corrected chi connectivity index (χ3v) is 8.50. The number of aliphatic carboxylic acids is 2. The van der Waals surface area contributed by atoms with Gasteiger partial charge >= 0.3 is 24.0 Å². The predicted octanol–water partition coefficient (Wildman–Crippen LogP) is 2.35. The van der Waals surface area contributed by atoms with Crippen LogP contribution in [-0.4, -0.2) is 87.9 Å². The number of nitrogens with one attached hydrogen (secondary N) is 5. The number of primary amides is 1. The number of carbonyl (C=O) groups excluding carboxylic acids is 6. The quantitative estimate of drug-likeness (QED) is 0.0743. The number of benzene rings is 2. The standard InChI is InChI=1S/C37H50N6O11/c1-21(2)32(35(51)52)43-34(50)25(20-44)19-30(46)29(14-15-31(47)48)41-33(49)24(8-6-16-39-36(38)53)18-27(45)17-23-10-12-26(13-11-23)40-37(54)42-28-9-5-4-7-22(28)3/h4-5,7,9-13,21,24-25,29,32,44H,6,8,14-20H2,1-3H3,(H,41,49)(H,43,50)(H,47,48)(H,51,52)(H3,38,39,53)(H2,40,42,54)/t24-,25+,29+,32+/m1/s1. The van der Waals surface area contributed by atoms with Crippen molar-refractivity contribution in [2.45, 2.75) is 77.8 Å². The summed E-state index contributed by atoms with van der Waals surface area (Å²) in [6, 6.07) is 9.82. The number of hydrogen-bond donors (Lipinski definition) is 9. The Morgan fingerprint density at radius 2 is 1.44 bits per heavy atom. The van der Waals surface area contributed by atoms with Crippen LogP contribution in [0.3, 0.4) is 0 Å². The van der Waals surface area contributed by atoms with Crippen LogP contribution < -0.4 is 32.3 Å². The summed E-state index contributed by atoms with van der Waals surface area (Å²) in [5.74, 6) is -8.28. The number of hydrogen-bond acceptors (Lipinski definition) is 9. The highest BCUT2D eigenvalue weighted by Gasteiger charge is 2.32. The van der Waals surface area contributed by atoms with Crippen LogP contribution in [0.25, 0.3) is 0 Å². The first-order valence-electron chi connectivity index (χ1n) is 17.5. The fourth-order valence-electron chi connectivity index (χ4n) is 5.45. The largest absolute Gasteiger partial charge is 0.481 e. The Kier molecular flexibility index (Phi) is 18.3. The van der Waals surface area contributed by atoms with E-state index in [0.29, 0.717) is 16.9 Å². The Bertz CT molecular complexity index is 1650. The summed E-state index contributed by atoms with van der Waals surface area (Å²) in [4.78, 5) is 99.5. The molecule has 2 aromatic carbocycles. The van der Waals surface area contributed by atoms with Crippen LogP contribution in [0.5, 0.6) is 0 Å². The van der Waals surface area contributed by atoms with Crippen LogP contribution in [0.15, 0.2) is 48.5 Å². The molecule has 0 aliphatic carbocycles. The fraction of sp³-hybridized carbons (Fsp3) is 0.459. The van der Waals surface area contributed by atoms with E-state index in [2.05, 4.69) is 26.6 Å². The molecule has 0 saturated carbocycles. The molecule has 2 rings (SSSR count). The summed E-state index contributed by atoms with van der Waals surface area (Å²) in [7, 11) is 0. The average molecular weight is 755 g/mol. The van der Waals surface area contributed by atoms with Crippen LogP contribution in [0.1, 0.15) is 63.5 Å². The monoisotopic (exact) mass is 754 g/mol. The molecule has 17 nitrogen and oxygen atoms in total. The second kappa shape index (κ2) is 22.3. The molecular formula is C37H50N6O11. The minimum Gasteiger partial charge on any atom is -0.481 e. The number of ketones is 2. The minimum atomic E-state index is -1.42. The van der Waals surface area contributed by atoms with Gasteiger partial charge < -0.3 is 47.6 Å². The highest BCUT2D eigenvalue weighted by Crippen LogP contribution is 2.19. The molecule has 0 radical (unpaired) electrons. The minimum absolute atomic E-state index is 0.0734. The van der Waals surface area contributed by atoms with Gasteiger partial charge in [-0.05, 0) is 61.4 Å². The molecule has 10 N–H and O–H groups in total. The van der Waals surface area contributed by atoms with Crippen molar-refractivity contribution in [3.8, 4) is 0 Å². The maximum atomic E-state index is 13.6. The summed E-state index contributed by atoms with van der Waals surface area (Å²) in [6.45, 7) is 4.23. The van der Waals surface area contributed by atoms with E-state index in [1.807, 2.05) is 19.1 Å². The summed E-state index contributed by atoms with van der Waals surface area (Å²) >= 11 is 0. The van der Waals surface area contributed by atoms with Gasteiger partial charge in [0.2, 0.25) is 11.8 Å². The number of aliphatic hydroxyl groups excluding tert-OH is 1. The molecule has 0 unspecified atom stereocenters. The van der Waals surface area contributed by atoms with Gasteiger partial charge in [0.15, 0.2) is 5.78 Å². The lowest BCUT2D eigenvalue weighted by molar-refractivity contribution is -0.144. The van der Waals surface area contributed by atoms with Crippen molar-refractivity contribution in [1.29, 1.82) is 0 Å². The lowest BCUT2D eigenvalue weighted by Crippen LogP contribution is -2.49. The number of amides is 6. The van der Waals surface area contributed by atoms with Crippen molar-refractivity contribution in [2.24, 2.45) is 23.5 Å². The molecule has 0 fully saturated rings. The highest BCUT2D eigenvalue weighted by molar-refractivity contribution is 6.00.